The van der Waals surface area contributed by atoms with Gasteiger partial charge in [0.1, 0.15) is 5.82 Å². The van der Waals surface area contributed by atoms with Crippen molar-refractivity contribution in [3.63, 3.8) is 0 Å². The van der Waals surface area contributed by atoms with E-state index in [1.165, 1.54) is 4.68 Å². The third-order valence-corrected chi connectivity index (χ3v) is 5.64. The lowest BCUT2D eigenvalue weighted by Gasteiger charge is -2.35. The molecule has 0 radical (unpaired) electrons. The molecule has 0 saturated carbocycles. The first-order chi connectivity index (χ1) is 15.1. The highest BCUT2D eigenvalue weighted by atomic mass is 16.1. The summed E-state index contributed by atoms with van der Waals surface area (Å²) in [5.74, 6) is 1.62. The van der Waals surface area contributed by atoms with Crippen molar-refractivity contribution in [1.29, 1.82) is 0 Å². The number of hydrogen-bond acceptors (Lipinski definition) is 7. The van der Waals surface area contributed by atoms with Crippen molar-refractivity contribution in [1.82, 2.24) is 39.1 Å². The number of aryl methyl sites for hydroxylation is 2. The number of fused-ring (bicyclic) bond motifs is 1. The molecule has 5 rings (SSSR count). The largest absolute Gasteiger partial charge is 0.353 e. The van der Waals surface area contributed by atoms with Crippen LogP contribution in [-0.2, 0) is 6.54 Å². The summed E-state index contributed by atoms with van der Waals surface area (Å²) in [5.41, 5.74) is 2.68. The Kier molecular flexibility index (Phi) is 4.99. The van der Waals surface area contributed by atoms with Crippen LogP contribution in [0, 0.1) is 13.8 Å². The molecule has 31 heavy (non-hydrogen) atoms. The Balaban J connectivity index is 1.22. The molecule has 1 fully saturated rings. The van der Waals surface area contributed by atoms with Gasteiger partial charge in [-0.1, -0.05) is 0 Å². The first kappa shape index (κ1) is 19.4. The van der Waals surface area contributed by atoms with Crippen LogP contribution < -0.4 is 10.5 Å². The monoisotopic (exact) mass is 419 g/mol. The van der Waals surface area contributed by atoms with Crippen molar-refractivity contribution in [3.05, 3.63) is 64.5 Å². The van der Waals surface area contributed by atoms with E-state index in [1.54, 1.807) is 27.5 Å². The molecule has 0 amide bonds. The number of imidazole rings is 1. The van der Waals surface area contributed by atoms with E-state index in [1.807, 2.05) is 38.2 Å². The molecule has 10 nitrogen and oxygen atoms in total. The lowest BCUT2D eigenvalue weighted by molar-refractivity contribution is 0.242. The van der Waals surface area contributed by atoms with Gasteiger partial charge in [0.25, 0.3) is 5.56 Å². The van der Waals surface area contributed by atoms with Gasteiger partial charge in [-0.25, -0.2) is 18.9 Å². The maximum Gasteiger partial charge on any atom is 0.266 e. The number of anilines is 1. The van der Waals surface area contributed by atoms with E-state index < -0.39 is 0 Å². The molecule has 10 heteroatoms. The van der Waals surface area contributed by atoms with Gasteiger partial charge in [0, 0.05) is 56.9 Å². The zero-order chi connectivity index (χ0) is 21.4. The first-order valence-corrected chi connectivity index (χ1v) is 10.5. The second-order valence-electron chi connectivity index (χ2n) is 7.84. The number of rotatable bonds is 5. The number of hydrogen-bond donors (Lipinski definition) is 0. The van der Waals surface area contributed by atoms with E-state index in [2.05, 4.69) is 30.1 Å². The van der Waals surface area contributed by atoms with Crippen LogP contribution in [0.1, 0.15) is 11.4 Å². The summed E-state index contributed by atoms with van der Waals surface area (Å²) in [6, 6.07) is 9.29. The normalized spacial score (nSPS) is 15.1. The fourth-order valence-electron chi connectivity index (χ4n) is 3.98. The molecule has 0 N–H and O–H groups in total. The molecule has 0 unspecified atom stereocenters. The summed E-state index contributed by atoms with van der Waals surface area (Å²) < 4.78 is 5.11. The molecule has 0 spiro atoms. The van der Waals surface area contributed by atoms with E-state index in [-0.39, 0.29) is 5.56 Å². The van der Waals surface area contributed by atoms with Crippen LogP contribution in [-0.4, -0.2) is 71.8 Å². The topological polar surface area (TPSA) is 89.4 Å². The molecule has 1 saturated heterocycles. The molecular formula is C21H25N9O. The van der Waals surface area contributed by atoms with Crippen LogP contribution in [0.2, 0.25) is 0 Å². The van der Waals surface area contributed by atoms with Crippen molar-refractivity contribution in [2.24, 2.45) is 0 Å². The van der Waals surface area contributed by atoms with Gasteiger partial charge in [-0.3, -0.25) is 9.69 Å². The third kappa shape index (κ3) is 3.93. The first-order valence-electron chi connectivity index (χ1n) is 10.5. The van der Waals surface area contributed by atoms with Crippen molar-refractivity contribution in [3.8, 4) is 5.82 Å². The van der Waals surface area contributed by atoms with Gasteiger partial charge in [0.15, 0.2) is 11.5 Å². The maximum atomic E-state index is 12.3. The van der Waals surface area contributed by atoms with Gasteiger partial charge in [0.2, 0.25) is 0 Å². The molecule has 5 heterocycles. The Bertz CT molecular complexity index is 1260. The van der Waals surface area contributed by atoms with Crippen LogP contribution in [0.3, 0.4) is 0 Å². The second-order valence-corrected chi connectivity index (χ2v) is 7.84. The van der Waals surface area contributed by atoms with Crippen LogP contribution in [0.4, 0.5) is 5.82 Å². The minimum atomic E-state index is -0.0956. The lowest BCUT2D eigenvalue weighted by Crippen LogP contribution is -2.48. The van der Waals surface area contributed by atoms with Gasteiger partial charge in [-0.05, 0) is 38.1 Å². The Morgan fingerprint density at radius 1 is 0.903 bits per heavy atom. The zero-order valence-electron chi connectivity index (χ0n) is 17.7. The predicted molar refractivity (Wildman–Crippen MR) is 117 cm³/mol. The van der Waals surface area contributed by atoms with Crippen LogP contribution in [0.15, 0.2) is 47.5 Å². The van der Waals surface area contributed by atoms with Gasteiger partial charge in [0.05, 0.1) is 12.2 Å². The Morgan fingerprint density at radius 2 is 1.71 bits per heavy atom. The third-order valence-electron chi connectivity index (χ3n) is 5.64. The van der Waals surface area contributed by atoms with Crippen molar-refractivity contribution in [2.75, 3.05) is 37.6 Å². The van der Waals surface area contributed by atoms with E-state index in [9.17, 15) is 4.79 Å². The average molecular weight is 419 g/mol. The predicted octanol–water partition coefficient (Wildman–Crippen LogP) is 0.911. The number of aromatic nitrogens is 7. The van der Waals surface area contributed by atoms with Crippen LogP contribution >= 0.6 is 0 Å². The molecule has 4 aromatic heterocycles. The van der Waals surface area contributed by atoms with Gasteiger partial charge >= 0.3 is 0 Å². The number of nitrogens with zero attached hydrogens (tertiary/aromatic N) is 9. The highest BCUT2D eigenvalue weighted by molar-refractivity contribution is 5.46. The highest BCUT2D eigenvalue weighted by Crippen LogP contribution is 2.14. The second kappa shape index (κ2) is 7.95. The summed E-state index contributed by atoms with van der Waals surface area (Å²) >= 11 is 0. The van der Waals surface area contributed by atoms with E-state index >= 15 is 0 Å². The van der Waals surface area contributed by atoms with E-state index in [4.69, 9.17) is 0 Å². The van der Waals surface area contributed by atoms with Crippen LogP contribution in [0.5, 0.6) is 0 Å². The zero-order valence-corrected chi connectivity index (χ0v) is 17.7. The molecule has 1 aliphatic heterocycles. The highest BCUT2D eigenvalue weighted by Gasteiger charge is 2.19. The minimum Gasteiger partial charge on any atom is -0.353 e. The number of piperazine rings is 1. The fourth-order valence-corrected chi connectivity index (χ4v) is 3.98. The smallest absolute Gasteiger partial charge is 0.266 e. The van der Waals surface area contributed by atoms with E-state index in [0.717, 1.165) is 55.6 Å². The molecule has 0 atom stereocenters. The van der Waals surface area contributed by atoms with Gasteiger partial charge in [-0.2, -0.15) is 5.10 Å². The van der Waals surface area contributed by atoms with Crippen LogP contribution in [0.25, 0.3) is 11.5 Å². The summed E-state index contributed by atoms with van der Waals surface area (Å²) in [6.45, 7) is 8.85. The molecule has 1 aliphatic rings. The van der Waals surface area contributed by atoms with Gasteiger partial charge < -0.3 is 4.90 Å². The Labute approximate surface area is 179 Å². The molecule has 0 aromatic carbocycles. The minimum absolute atomic E-state index is 0.0956. The quantitative estimate of drug-likeness (QED) is 0.475. The SMILES string of the molecule is Cc1cc(C)n(-c2ccc(=O)n(CCN3CCN(c4ccc5nccn5n4)CC3)n2)n1. The average Bonchev–Trinajstić information content (AvgIpc) is 3.38. The van der Waals surface area contributed by atoms with Crippen molar-refractivity contribution in [2.45, 2.75) is 20.4 Å². The van der Waals surface area contributed by atoms with Gasteiger partial charge in [-0.15, -0.1) is 10.2 Å². The molecule has 160 valence electrons. The summed E-state index contributed by atoms with van der Waals surface area (Å²) in [6.07, 6.45) is 3.61. The van der Waals surface area contributed by atoms with Crippen molar-refractivity contribution < 1.29 is 0 Å². The summed E-state index contributed by atoms with van der Waals surface area (Å²) in [4.78, 5) is 21.2. The lowest BCUT2D eigenvalue weighted by atomic mass is 10.3. The van der Waals surface area contributed by atoms with E-state index in [0.29, 0.717) is 12.4 Å². The Morgan fingerprint density at radius 3 is 2.48 bits per heavy atom. The molecule has 0 aliphatic carbocycles. The Hall–Kier alpha value is -3.53. The maximum absolute atomic E-state index is 12.3. The standard InChI is InChI=1S/C21H25N9O/c1-16-15-17(2)30(23-16)20-5-6-21(31)29(25-20)14-11-26-9-12-27(13-10-26)19-4-3-18-22-7-8-28(18)24-19/h3-8,15H,9-14H2,1-2H3. The summed E-state index contributed by atoms with van der Waals surface area (Å²) in [5, 5.41) is 13.6. The molecular weight excluding hydrogens is 394 g/mol. The summed E-state index contributed by atoms with van der Waals surface area (Å²) in [7, 11) is 0. The fraction of sp³-hybridized carbons (Fsp3) is 0.381. The molecule has 0 bridgehead atoms. The van der Waals surface area contributed by atoms with Crippen molar-refractivity contribution >= 4 is 11.5 Å². The molecule has 4 aromatic rings.